The second kappa shape index (κ2) is 9.93. The number of para-hydroxylation sites is 1. The number of furan rings is 1. The van der Waals surface area contributed by atoms with Crippen molar-refractivity contribution in [2.45, 2.75) is 13.8 Å². The number of fused-ring (bicyclic) bond motifs is 9. The molecule has 0 aliphatic heterocycles. The van der Waals surface area contributed by atoms with Crippen LogP contribution in [0.25, 0.3) is 91.9 Å². The van der Waals surface area contributed by atoms with E-state index in [0.717, 1.165) is 27.5 Å². The van der Waals surface area contributed by atoms with Crippen LogP contribution >= 0.6 is 11.3 Å². The minimum absolute atomic E-state index is 0.917. The summed E-state index contributed by atoms with van der Waals surface area (Å²) in [7, 11) is 0. The summed E-state index contributed by atoms with van der Waals surface area (Å²) in [6.45, 7) is 4.36. The first-order valence-electron chi connectivity index (χ1n) is 16.1. The summed E-state index contributed by atoms with van der Waals surface area (Å²) in [4.78, 5) is 0. The number of hydrogen-bond acceptors (Lipinski definition) is 2. The van der Waals surface area contributed by atoms with E-state index >= 15 is 0 Å². The molecule has 47 heavy (non-hydrogen) atoms. The van der Waals surface area contributed by atoms with Gasteiger partial charge in [-0.1, -0.05) is 102 Å². The summed E-state index contributed by atoms with van der Waals surface area (Å²) in [5, 5.41) is 7.46. The van der Waals surface area contributed by atoms with Gasteiger partial charge in [-0.25, -0.2) is 0 Å². The van der Waals surface area contributed by atoms with Crippen molar-refractivity contribution >= 4 is 75.3 Å². The van der Waals surface area contributed by atoms with Crippen molar-refractivity contribution in [3.8, 4) is 27.9 Å². The summed E-state index contributed by atoms with van der Waals surface area (Å²) >= 11 is 1.90. The molecule has 10 rings (SSSR count). The first kappa shape index (κ1) is 26.6. The predicted octanol–water partition coefficient (Wildman–Crippen LogP) is 13.0. The number of aromatic nitrogens is 1. The van der Waals surface area contributed by atoms with Gasteiger partial charge >= 0.3 is 0 Å². The molecule has 0 saturated carbocycles. The van der Waals surface area contributed by atoms with Gasteiger partial charge in [0, 0.05) is 37.0 Å². The van der Waals surface area contributed by atoms with Crippen molar-refractivity contribution in [3.63, 3.8) is 0 Å². The number of benzene rings is 7. The minimum Gasteiger partial charge on any atom is -0.456 e. The molecule has 0 amide bonds. The Balaban J connectivity index is 1.31. The van der Waals surface area contributed by atoms with Crippen molar-refractivity contribution < 1.29 is 4.42 Å². The Morgan fingerprint density at radius 1 is 0.468 bits per heavy atom. The van der Waals surface area contributed by atoms with Crippen molar-refractivity contribution in [3.05, 3.63) is 151 Å². The highest BCUT2D eigenvalue weighted by Gasteiger charge is 2.21. The first-order chi connectivity index (χ1) is 23.1. The van der Waals surface area contributed by atoms with E-state index in [1.165, 1.54) is 75.5 Å². The lowest BCUT2D eigenvalue weighted by Crippen LogP contribution is -1.94. The Morgan fingerprint density at radius 2 is 1.15 bits per heavy atom. The number of hydrogen-bond donors (Lipinski definition) is 0. The molecular formula is C44H29NOS. The quantitative estimate of drug-likeness (QED) is 0.192. The van der Waals surface area contributed by atoms with Crippen LogP contribution in [0.15, 0.2) is 144 Å². The molecule has 0 saturated heterocycles. The lowest BCUT2D eigenvalue weighted by Gasteiger charge is -2.11. The summed E-state index contributed by atoms with van der Waals surface area (Å²) in [6.07, 6.45) is 0. The van der Waals surface area contributed by atoms with Crippen LogP contribution in [0.2, 0.25) is 0 Å². The molecule has 10 aromatic rings. The molecule has 3 heteroatoms. The van der Waals surface area contributed by atoms with Crippen LogP contribution in [0.4, 0.5) is 0 Å². The smallest absolute Gasteiger partial charge is 0.136 e. The predicted molar refractivity (Wildman–Crippen MR) is 201 cm³/mol. The van der Waals surface area contributed by atoms with Crippen molar-refractivity contribution in [1.82, 2.24) is 4.57 Å². The monoisotopic (exact) mass is 619 g/mol. The zero-order valence-electron chi connectivity index (χ0n) is 26.0. The number of rotatable bonds is 3. The average Bonchev–Trinajstić information content (AvgIpc) is 3.77. The fourth-order valence-electron chi connectivity index (χ4n) is 7.55. The maximum atomic E-state index is 6.35. The third-order valence-corrected chi connectivity index (χ3v) is 11.0. The molecule has 0 radical (unpaired) electrons. The molecule has 2 nitrogen and oxygen atoms in total. The van der Waals surface area contributed by atoms with E-state index < -0.39 is 0 Å². The molecule has 0 atom stereocenters. The van der Waals surface area contributed by atoms with Crippen LogP contribution in [0.1, 0.15) is 11.1 Å². The van der Waals surface area contributed by atoms with Gasteiger partial charge in [0.2, 0.25) is 0 Å². The fourth-order valence-corrected chi connectivity index (χ4v) is 8.92. The topological polar surface area (TPSA) is 18.1 Å². The molecule has 3 heterocycles. The molecule has 7 aromatic carbocycles. The molecule has 0 fully saturated rings. The highest BCUT2D eigenvalue weighted by molar-refractivity contribution is 7.27. The molecule has 0 spiro atoms. The lowest BCUT2D eigenvalue weighted by molar-refractivity contribution is 0.669. The number of nitrogens with zero attached hydrogens (tertiary/aromatic N) is 1. The van der Waals surface area contributed by atoms with Gasteiger partial charge in [-0.2, -0.15) is 0 Å². The van der Waals surface area contributed by atoms with Gasteiger partial charge in [-0.3, -0.25) is 0 Å². The molecule has 3 aromatic heterocycles. The minimum atomic E-state index is 0.917. The Bertz CT molecular complexity index is 2810. The SMILES string of the molecule is Cc1ccc2c(c1)c1cc(C)ccc1n2-c1cccc2c1sc1c(-c3ccccc3)ccc(-c3ccc4c(c3)oc3ccccc34)c12. The number of thiophene rings is 1. The van der Waals surface area contributed by atoms with Crippen LogP contribution in [0.3, 0.4) is 0 Å². The largest absolute Gasteiger partial charge is 0.456 e. The van der Waals surface area contributed by atoms with Gasteiger partial charge in [0.25, 0.3) is 0 Å². The van der Waals surface area contributed by atoms with Crippen LogP contribution in [-0.2, 0) is 0 Å². The van der Waals surface area contributed by atoms with Crippen molar-refractivity contribution in [2.24, 2.45) is 0 Å². The van der Waals surface area contributed by atoms with E-state index in [-0.39, 0.29) is 0 Å². The molecule has 0 aliphatic carbocycles. The second-order valence-corrected chi connectivity index (χ2v) is 13.7. The zero-order valence-corrected chi connectivity index (χ0v) is 26.9. The molecule has 0 N–H and O–H groups in total. The van der Waals surface area contributed by atoms with Crippen LogP contribution in [0.5, 0.6) is 0 Å². The van der Waals surface area contributed by atoms with Gasteiger partial charge in [0.15, 0.2) is 0 Å². The summed E-state index contributed by atoms with van der Waals surface area (Å²) in [5.41, 5.74) is 12.9. The molecule has 0 unspecified atom stereocenters. The Morgan fingerprint density at radius 3 is 1.94 bits per heavy atom. The van der Waals surface area contributed by atoms with Gasteiger partial charge in [-0.15, -0.1) is 11.3 Å². The molecular weight excluding hydrogens is 591 g/mol. The summed E-state index contributed by atoms with van der Waals surface area (Å²) < 4.78 is 11.4. The first-order valence-corrected chi connectivity index (χ1v) is 16.9. The van der Waals surface area contributed by atoms with E-state index in [1.54, 1.807) is 0 Å². The van der Waals surface area contributed by atoms with Crippen LogP contribution in [0, 0.1) is 13.8 Å². The average molecular weight is 620 g/mol. The van der Waals surface area contributed by atoms with Crippen molar-refractivity contribution in [2.75, 3.05) is 0 Å². The second-order valence-electron chi connectivity index (χ2n) is 12.7. The molecule has 222 valence electrons. The Labute approximate surface area is 275 Å². The molecule has 0 bridgehead atoms. The van der Waals surface area contributed by atoms with E-state index in [4.69, 9.17) is 4.42 Å². The van der Waals surface area contributed by atoms with Gasteiger partial charge in [0.05, 0.1) is 21.4 Å². The third kappa shape index (κ3) is 3.90. The van der Waals surface area contributed by atoms with Crippen molar-refractivity contribution in [1.29, 1.82) is 0 Å². The van der Waals surface area contributed by atoms with Gasteiger partial charge < -0.3 is 8.98 Å². The van der Waals surface area contributed by atoms with Crippen LogP contribution < -0.4 is 0 Å². The Kier molecular flexibility index (Phi) is 5.61. The zero-order chi connectivity index (χ0) is 31.2. The number of aryl methyl sites for hydroxylation is 2. The lowest BCUT2D eigenvalue weighted by atomic mass is 9.94. The maximum Gasteiger partial charge on any atom is 0.136 e. The van der Waals surface area contributed by atoms with E-state index in [2.05, 4.69) is 146 Å². The highest BCUT2D eigenvalue weighted by Crippen LogP contribution is 2.48. The molecule has 0 aliphatic rings. The third-order valence-electron chi connectivity index (χ3n) is 9.72. The standard InChI is InChI=1S/C44H29NOS/c1-26-15-21-37-35(23-26)36-24-27(2)16-22-38(36)45(37)39-13-8-12-34-42-30(19-20-31(44(42)47-43(34)39)28-9-4-3-5-10-28)29-17-18-33-32-11-6-7-14-40(32)46-41(33)25-29/h3-25H,1-2H3. The maximum absolute atomic E-state index is 6.35. The van der Waals surface area contributed by atoms with E-state index in [0.29, 0.717) is 0 Å². The summed E-state index contributed by atoms with van der Waals surface area (Å²) in [5.74, 6) is 0. The summed E-state index contributed by atoms with van der Waals surface area (Å²) in [6, 6.07) is 50.9. The van der Waals surface area contributed by atoms with E-state index in [9.17, 15) is 0 Å². The van der Waals surface area contributed by atoms with E-state index in [1.807, 2.05) is 23.5 Å². The normalized spacial score (nSPS) is 12.0. The fraction of sp³-hybridized carbons (Fsp3) is 0.0455. The van der Waals surface area contributed by atoms with Gasteiger partial charge in [-0.05, 0) is 84.6 Å². The highest BCUT2D eigenvalue weighted by atomic mass is 32.1. The Hall–Kier alpha value is -5.64. The van der Waals surface area contributed by atoms with Crippen LogP contribution in [-0.4, -0.2) is 4.57 Å². The van der Waals surface area contributed by atoms with Gasteiger partial charge in [0.1, 0.15) is 11.2 Å².